The van der Waals surface area contributed by atoms with Crippen molar-refractivity contribution in [3.8, 4) is 0 Å². The van der Waals surface area contributed by atoms with Crippen LogP contribution in [-0.4, -0.2) is 30.0 Å². The maximum atomic E-state index is 12.3. The summed E-state index contributed by atoms with van der Waals surface area (Å²) in [5.41, 5.74) is 1.00. The number of allylic oxidation sites excluding steroid dienone is 1. The molecule has 1 heterocycles. The summed E-state index contributed by atoms with van der Waals surface area (Å²) in [6.07, 6.45) is 2.73. The molecule has 0 aliphatic rings. The van der Waals surface area contributed by atoms with Gasteiger partial charge in [-0.3, -0.25) is 4.79 Å². The molecule has 5 nitrogen and oxygen atoms in total. The van der Waals surface area contributed by atoms with E-state index in [-0.39, 0.29) is 5.69 Å². The number of esters is 1. The molecule has 0 spiro atoms. The van der Waals surface area contributed by atoms with Crippen LogP contribution < -0.4 is 5.32 Å². The molecule has 0 saturated carbocycles. The van der Waals surface area contributed by atoms with Crippen LogP contribution in [0.2, 0.25) is 0 Å². The highest BCUT2D eigenvalue weighted by Crippen LogP contribution is 2.12. The summed E-state index contributed by atoms with van der Waals surface area (Å²) in [4.78, 5) is 28.3. The maximum absolute atomic E-state index is 12.3. The van der Waals surface area contributed by atoms with Crippen LogP contribution >= 0.6 is 0 Å². The first-order chi connectivity index (χ1) is 10.7. The molecular formula is C17H18N2O3. The summed E-state index contributed by atoms with van der Waals surface area (Å²) in [7, 11) is 1.30. The highest BCUT2D eigenvalue weighted by atomic mass is 16.5. The van der Waals surface area contributed by atoms with E-state index in [4.69, 9.17) is 4.74 Å². The van der Waals surface area contributed by atoms with Crippen molar-refractivity contribution in [3.05, 3.63) is 54.7 Å². The van der Waals surface area contributed by atoms with E-state index in [1.165, 1.54) is 7.11 Å². The van der Waals surface area contributed by atoms with Crippen molar-refractivity contribution in [1.29, 1.82) is 0 Å². The standard InChI is InChI=1S/C17H18N2O3/c1-3-4-8-15(17(21)22-2)19-16(20)14-11-10-12-7-5-6-9-13(12)18-14/h3,5-7,9-11,15H,1,4,8H2,2H3,(H,19,20)/t15-/m0/s1. The lowest BCUT2D eigenvalue weighted by Crippen LogP contribution is -2.41. The third-order valence-electron chi connectivity index (χ3n) is 3.28. The number of methoxy groups -OCH3 is 1. The van der Waals surface area contributed by atoms with Gasteiger partial charge in [0.05, 0.1) is 12.6 Å². The highest BCUT2D eigenvalue weighted by Gasteiger charge is 2.21. The molecule has 0 radical (unpaired) electrons. The van der Waals surface area contributed by atoms with Gasteiger partial charge in [-0.2, -0.15) is 0 Å². The van der Waals surface area contributed by atoms with Crippen molar-refractivity contribution < 1.29 is 14.3 Å². The van der Waals surface area contributed by atoms with E-state index in [9.17, 15) is 9.59 Å². The lowest BCUT2D eigenvalue weighted by Gasteiger charge is -2.15. The second-order valence-electron chi connectivity index (χ2n) is 4.80. The molecule has 2 aromatic rings. The maximum Gasteiger partial charge on any atom is 0.328 e. The Kier molecular flexibility index (Phi) is 5.25. The Morgan fingerprint density at radius 2 is 2.09 bits per heavy atom. The largest absolute Gasteiger partial charge is 0.467 e. The van der Waals surface area contributed by atoms with E-state index >= 15 is 0 Å². The van der Waals surface area contributed by atoms with E-state index in [1.807, 2.05) is 30.3 Å². The Morgan fingerprint density at radius 1 is 1.32 bits per heavy atom. The molecule has 1 aromatic heterocycles. The van der Waals surface area contributed by atoms with Gasteiger partial charge in [-0.25, -0.2) is 9.78 Å². The average Bonchev–Trinajstić information content (AvgIpc) is 2.57. The number of ether oxygens (including phenoxy) is 1. The third-order valence-corrected chi connectivity index (χ3v) is 3.28. The fraction of sp³-hybridized carbons (Fsp3) is 0.235. The summed E-state index contributed by atoms with van der Waals surface area (Å²) in [5.74, 6) is -0.874. The van der Waals surface area contributed by atoms with E-state index in [2.05, 4.69) is 16.9 Å². The van der Waals surface area contributed by atoms with Crippen LogP contribution in [0.5, 0.6) is 0 Å². The summed E-state index contributed by atoms with van der Waals surface area (Å²) >= 11 is 0. The van der Waals surface area contributed by atoms with Gasteiger partial charge in [-0.05, 0) is 25.0 Å². The number of hydrogen-bond acceptors (Lipinski definition) is 4. The summed E-state index contributed by atoms with van der Waals surface area (Å²) in [6.45, 7) is 3.61. The van der Waals surface area contributed by atoms with Crippen molar-refractivity contribution in [2.75, 3.05) is 7.11 Å². The first-order valence-electron chi connectivity index (χ1n) is 7.01. The molecule has 0 bridgehead atoms. The van der Waals surface area contributed by atoms with E-state index in [0.717, 1.165) is 10.9 Å². The molecule has 22 heavy (non-hydrogen) atoms. The quantitative estimate of drug-likeness (QED) is 0.657. The second kappa shape index (κ2) is 7.36. The van der Waals surface area contributed by atoms with Crippen LogP contribution in [0.4, 0.5) is 0 Å². The number of aromatic nitrogens is 1. The summed E-state index contributed by atoms with van der Waals surface area (Å²) in [5, 5.41) is 3.61. The monoisotopic (exact) mass is 298 g/mol. The Bertz CT molecular complexity index is 697. The molecule has 0 aliphatic heterocycles. The van der Waals surface area contributed by atoms with Crippen LogP contribution in [-0.2, 0) is 9.53 Å². The number of rotatable bonds is 6. The number of amides is 1. The Labute approximate surface area is 129 Å². The fourth-order valence-corrected chi connectivity index (χ4v) is 2.10. The molecule has 0 fully saturated rings. The number of nitrogens with one attached hydrogen (secondary N) is 1. The topological polar surface area (TPSA) is 68.3 Å². The molecule has 1 N–H and O–H groups in total. The van der Waals surface area contributed by atoms with Gasteiger partial charge in [-0.15, -0.1) is 6.58 Å². The fourth-order valence-electron chi connectivity index (χ4n) is 2.10. The molecule has 0 unspecified atom stereocenters. The van der Waals surface area contributed by atoms with Gasteiger partial charge in [0.1, 0.15) is 11.7 Å². The van der Waals surface area contributed by atoms with Crippen LogP contribution in [0.25, 0.3) is 10.9 Å². The highest BCUT2D eigenvalue weighted by molar-refractivity contribution is 5.97. The number of hydrogen-bond donors (Lipinski definition) is 1. The minimum absolute atomic E-state index is 0.270. The van der Waals surface area contributed by atoms with Gasteiger partial charge in [0.15, 0.2) is 0 Å². The number of carbonyl (C=O) groups excluding carboxylic acids is 2. The van der Waals surface area contributed by atoms with Crippen LogP contribution in [0, 0.1) is 0 Å². The first-order valence-corrected chi connectivity index (χ1v) is 7.01. The molecule has 2 rings (SSSR count). The SMILES string of the molecule is C=CCC[C@H](NC(=O)c1ccc2ccccc2n1)C(=O)OC. The van der Waals surface area contributed by atoms with Crippen molar-refractivity contribution >= 4 is 22.8 Å². The normalized spacial score (nSPS) is 11.7. The van der Waals surface area contributed by atoms with Crippen molar-refractivity contribution in [2.24, 2.45) is 0 Å². The van der Waals surface area contributed by atoms with Gasteiger partial charge in [0.2, 0.25) is 0 Å². The van der Waals surface area contributed by atoms with Crippen LogP contribution in [0.3, 0.4) is 0 Å². The Morgan fingerprint density at radius 3 is 2.82 bits per heavy atom. The molecule has 0 aliphatic carbocycles. The number of carbonyl (C=O) groups is 2. The molecule has 1 atom stereocenters. The average molecular weight is 298 g/mol. The number of pyridine rings is 1. The minimum Gasteiger partial charge on any atom is -0.467 e. The number of para-hydroxylation sites is 1. The van der Waals surface area contributed by atoms with E-state index in [0.29, 0.717) is 12.8 Å². The zero-order valence-electron chi connectivity index (χ0n) is 12.4. The second-order valence-corrected chi connectivity index (χ2v) is 4.80. The van der Waals surface area contributed by atoms with Gasteiger partial charge in [0.25, 0.3) is 5.91 Å². The smallest absolute Gasteiger partial charge is 0.328 e. The Balaban J connectivity index is 2.16. The molecule has 5 heteroatoms. The zero-order chi connectivity index (χ0) is 15.9. The minimum atomic E-state index is -0.705. The number of fused-ring (bicyclic) bond motifs is 1. The molecule has 1 amide bonds. The van der Waals surface area contributed by atoms with Crippen molar-refractivity contribution in [1.82, 2.24) is 10.3 Å². The molecular weight excluding hydrogens is 280 g/mol. The van der Waals surface area contributed by atoms with Gasteiger partial charge in [-0.1, -0.05) is 30.3 Å². The van der Waals surface area contributed by atoms with E-state index < -0.39 is 17.9 Å². The Hall–Kier alpha value is -2.69. The van der Waals surface area contributed by atoms with Gasteiger partial charge < -0.3 is 10.1 Å². The predicted molar refractivity (Wildman–Crippen MR) is 84.4 cm³/mol. The van der Waals surface area contributed by atoms with E-state index in [1.54, 1.807) is 12.1 Å². The summed E-state index contributed by atoms with van der Waals surface area (Å²) < 4.78 is 4.71. The third kappa shape index (κ3) is 3.69. The molecule has 114 valence electrons. The van der Waals surface area contributed by atoms with Crippen LogP contribution in [0.1, 0.15) is 23.3 Å². The number of benzene rings is 1. The van der Waals surface area contributed by atoms with Gasteiger partial charge >= 0.3 is 5.97 Å². The van der Waals surface area contributed by atoms with Crippen molar-refractivity contribution in [2.45, 2.75) is 18.9 Å². The lowest BCUT2D eigenvalue weighted by molar-refractivity contribution is -0.143. The zero-order valence-corrected chi connectivity index (χ0v) is 12.4. The molecule has 1 aromatic carbocycles. The summed E-state index contributed by atoms with van der Waals surface area (Å²) in [6, 6.07) is 10.3. The van der Waals surface area contributed by atoms with Crippen LogP contribution in [0.15, 0.2) is 49.1 Å². The van der Waals surface area contributed by atoms with Crippen molar-refractivity contribution in [3.63, 3.8) is 0 Å². The number of nitrogens with zero attached hydrogens (tertiary/aromatic N) is 1. The molecule has 0 saturated heterocycles. The van der Waals surface area contributed by atoms with Gasteiger partial charge in [0, 0.05) is 5.39 Å². The first kappa shape index (κ1) is 15.7. The lowest BCUT2D eigenvalue weighted by atomic mass is 10.1. The predicted octanol–water partition coefficient (Wildman–Crippen LogP) is 2.47.